The van der Waals surface area contributed by atoms with E-state index in [1.165, 1.54) is 4.90 Å². The zero-order chi connectivity index (χ0) is 13.1. The smallest absolute Gasteiger partial charge is 0.395 e. The van der Waals surface area contributed by atoms with Crippen LogP contribution in [-0.4, -0.2) is 29.8 Å². The number of aromatic nitrogens is 1. The first kappa shape index (κ1) is 13.6. The highest BCUT2D eigenvalue weighted by Gasteiger charge is 2.31. The van der Waals surface area contributed by atoms with Crippen LogP contribution in [0.4, 0.5) is 24.8 Å². The van der Waals surface area contributed by atoms with Crippen molar-refractivity contribution in [2.75, 3.05) is 30.3 Å². The van der Waals surface area contributed by atoms with Gasteiger partial charge in [0.15, 0.2) is 0 Å². The van der Waals surface area contributed by atoms with Crippen molar-refractivity contribution >= 4 is 11.6 Å². The summed E-state index contributed by atoms with van der Waals surface area (Å²) in [5.74, 6) is -0.0694. The summed E-state index contributed by atoms with van der Waals surface area (Å²) in [6.45, 7) is 2.25. The monoisotopic (exact) mass is 249 g/mol. The molecule has 0 spiro atoms. The van der Waals surface area contributed by atoms with E-state index in [-0.39, 0.29) is 24.8 Å². The number of nitrogens with two attached hydrogens (primary N) is 1. The molecule has 7 heteroatoms. The van der Waals surface area contributed by atoms with Gasteiger partial charge in [0.05, 0.1) is 12.2 Å². The summed E-state index contributed by atoms with van der Waals surface area (Å²) in [7, 11) is 0. The number of hydrogen-bond donors (Lipinski definition) is 2. The third-order valence-corrected chi connectivity index (χ3v) is 2.23. The lowest BCUT2D eigenvalue weighted by molar-refractivity contribution is -0.137. The van der Waals surface area contributed by atoms with E-state index in [0.29, 0.717) is 6.54 Å². The molecule has 0 bridgehead atoms. The van der Waals surface area contributed by atoms with Gasteiger partial charge in [0.1, 0.15) is 11.6 Å². The molecule has 0 saturated heterocycles. The molecule has 0 atom stereocenters. The lowest BCUT2D eigenvalue weighted by atomic mass is 10.2. The van der Waals surface area contributed by atoms with Crippen molar-refractivity contribution in [3.8, 4) is 0 Å². The van der Waals surface area contributed by atoms with E-state index in [1.807, 2.05) is 0 Å². The normalized spacial score (nSPS) is 11.6. The Morgan fingerprint density at radius 1 is 1.41 bits per heavy atom. The van der Waals surface area contributed by atoms with Gasteiger partial charge in [-0.2, -0.15) is 13.2 Å². The number of aliphatic hydroxyl groups is 1. The van der Waals surface area contributed by atoms with Gasteiger partial charge in [-0.1, -0.05) is 0 Å². The highest BCUT2D eigenvalue weighted by atomic mass is 19.4. The Morgan fingerprint density at radius 2 is 2.06 bits per heavy atom. The second-order valence-electron chi connectivity index (χ2n) is 3.44. The number of pyridine rings is 1. The number of aliphatic hydroxyl groups excluding tert-OH is 1. The SMILES string of the molecule is CCN(CCO)c1cc(C(F)(F)F)cc(N)n1. The second kappa shape index (κ2) is 5.22. The van der Waals surface area contributed by atoms with Gasteiger partial charge in [0.2, 0.25) is 0 Å². The number of nitrogens with zero attached hydrogens (tertiary/aromatic N) is 2. The van der Waals surface area contributed by atoms with E-state index >= 15 is 0 Å². The average Bonchev–Trinajstić information content (AvgIpc) is 2.23. The Hall–Kier alpha value is -1.50. The largest absolute Gasteiger partial charge is 0.416 e. The van der Waals surface area contributed by atoms with Gasteiger partial charge in [-0.15, -0.1) is 0 Å². The van der Waals surface area contributed by atoms with Crippen LogP contribution in [0.15, 0.2) is 12.1 Å². The topological polar surface area (TPSA) is 62.4 Å². The lowest BCUT2D eigenvalue weighted by Gasteiger charge is -2.22. The van der Waals surface area contributed by atoms with Crippen molar-refractivity contribution in [3.05, 3.63) is 17.7 Å². The average molecular weight is 249 g/mol. The van der Waals surface area contributed by atoms with Crippen LogP contribution in [0.2, 0.25) is 0 Å². The van der Waals surface area contributed by atoms with Crippen molar-refractivity contribution in [1.29, 1.82) is 0 Å². The summed E-state index contributed by atoms with van der Waals surface area (Å²) >= 11 is 0. The van der Waals surface area contributed by atoms with Gasteiger partial charge in [0.25, 0.3) is 0 Å². The Morgan fingerprint density at radius 3 is 2.53 bits per heavy atom. The number of likely N-dealkylation sites (N-methyl/N-ethyl adjacent to an activating group) is 1. The van der Waals surface area contributed by atoms with Crippen molar-refractivity contribution in [3.63, 3.8) is 0 Å². The maximum absolute atomic E-state index is 12.5. The van der Waals surface area contributed by atoms with Crippen LogP contribution in [0.5, 0.6) is 0 Å². The quantitative estimate of drug-likeness (QED) is 0.848. The standard InChI is InChI=1S/C10H14F3N3O/c1-2-16(3-4-17)9-6-7(10(11,12)13)5-8(14)15-9/h5-6,17H,2-4H2,1H3,(H2,14,15). The molecule has 0 unspecified atom stereocenters. The van der Waals surface area contributed by atoms with Gasteiger partial charge in [-0.3, -0.25) is 0 Å². The number of nitrogen functional groups attached to an aromatic ring is 1. The van der Waals surface area contributed by atoms with Crippen LogP contribution in [0.1, 0.15) is 12.5 Å². The molecule has 1 heterocycles. The van der Waals surface area contributed by atoms with Crippen LogP contribution in [-0.2, 0) is 6.18 Å². The van der Waals surface area contributed by atoms with Crippen LogP contribution >= 0.6 is 0 Å². The van der Waals surface area contributed by atoms with Gasteiger partial charge >= 0.3 is 6.18 Å². The second-order valence-corrected chi connectivity index (χ2v) is 3.44. The van der Waals surface area contributed by atoms with Gasteiger partial charge < -0.3 is 15.7 Å². The van der Waals surface area contributed by atoms with E-state index in [2.05, 4.69) is 4.98 Å². The maximum atomic E-state index is 12.5. The van der Waals surface area contributed by atoms with E-state index in [4.69, 9.17) is 10.8 Å². The fourth-order valence-corrected chi connectivity index (χ4v) is 1.42. The molecule has 1 aromatic rings. The minimum Gasteiger partial charge on any atom is -0.395 e. The molecule has 0 radical (unpaired) electrons. The fraction of sp³-hybridized carbons (Fsp3) is 0.500. The lowest BCUT2D eigenvalue weighted by Crippen LogP contribution is -2.27. The summed E-state index contributed by atoms with van der Waals surface area (Å²) in [6, 6.07) is 1.71. The summed E-state index contributed by atoms with van der Waals surface area (Å²) in [5, 5.41) is 8.80. The number of rotatable bonds is 4. The predicted octanol–water partition coefficient (Wildman–Crippen LogP) is 1.50. The summed E-state index contributed by atoms with van der Waals surface area (Å²) < 4.78 is 37.6. The molecule has 96 valence electrons. The number of anilines is 2. The van der Waals surface area contributed by atoms with Gasteiger partial charge in [-0.05, 0) is 19.1 Å². The molecule has 0 aliphatic carbocycles. The fourth-order valence-electron chi connectivity index (χ4n) is 1.42. The molecule has 3 N–H and O–H groups in total. The van der Waals surface area contributed by atoms with E-state index in [1.54, 1.807) is 6.92 Å². The molecule has 0 amide bonds. The zero-order valence-electron chi connectivity index (χ0n) is 9.33. The Balaban J connectivity index is 3.12. The molecule has 4 nitrogen and oxygen atoms in total. The zero-order valence-corrected chi connectivity index (χ0v) is 9.33. The van der Waals surface area contributed by atoms with Gasteiger partial charge in [-0.25, -0.2) is 4.98 Å². The molecule has 0 aliphatic heterocycles. The van der Waals surface area contributed by atoms with Crippen LogP contribution < -0.4 is 10.6 Å². The predicted molar refractivity (Wildman–Crippen MR) is 58.6 cm³/mol. The van der Waals surface area contributed by atoms with Crippen molar-refractivity contribution in [1.82, 2.24) is 4.98 Å². The molecular weight excluding hydrogens is 235 g/mol. The Bertz CT molecular complexity index is 382. The first-order chi connectivity index (χ1) is 7.88. The molecule has 0 aliphatic rings. The molecular formula is C10H14F3N3O. The number of halogens is 3. The summed E-state index contributed by atoms with van der Waals surface area (Å²) in [5.41, 5.74) is 4.51. The third kappa shape index (κ3) is 3.48. The molecule has 1 aromatic heterocycles. The highest BCUT2D eigenvalue weighted by molar-refractivity contribution is 5.49. The molecule has 17 heavy (non-hydrogen) atoms. The van der Waals surface area contributed by atoms with Crippen LogP contribution in [0, 0.1) is 0 Å². The van der Waals surface area contributed by atoms with E-state index < -0.39 is 11.7 Å². The van der Waals surface area contributed by atoms with Crippen LogP contribution in [0.25, 0.3) is 0 Å². The summed E-state index contributed by atoms with van der Waals surface area (Å²) in [4.78, 5) is 5.35. The summed E-state index contributed by atoms with van der Waals surface area (Å²) in [6.07, 6.45) is -4.45. The minimum absolute atomic E-state index is 0.119. The minimum atomic E-state index is -4.45. The first-order valence-electron chi connectivity index (χ1n) is 5.09. The molecule has 0 fully saturated rings. The van der Waals surface area contributed by atoms with Crippen molar-refractivity contribution < 1.29 is 18.3 Å². The maximum Gasteiger partial charge on any atom is 0.416 e. The molecule has 1 rings (SSSR count). The van der Waals surface area contributed by atoms with Crippen LogP contribution in [0.3, 0.4) is 0 Å². The Kier molecular flexibility index (Phi) is 4.17. The van der Waals surface area contributed by atoms with Gasteiger partial charge in [0, 0.05) is 13.1 Å². The highest BCUT2D eigenvalue weighted by Crippen LogP contribution is 2.32. The third-order valence-electron chi connectivity index (χ3n) is 2.23. The van der Waals surface area contributed by atoms with Crippen molar-refractivity contribution in [2.24, 2.45) is 0 Å². The number of hydrogen-bond acceptors (Lipinski definition) is 4. The Labute approximate surface area is 96.9 Å². The molecule has 0 aromatic carbocycles. The first-order valence-corrected chi connectivity index (χ1v) is 5.09. The van der Waals surface area contributed by atoms with E-state index in [9.17, 15) is 13.2 Å². The van der Waals surface area contributed by atoms with E-state index in [0.717, 1.165) is 12.1 Å². The number of alkyl halides is 3. The molecule has 0 saturated carbocycles. The van der Waals surface area contributed by atoms with Crippen molar-refractivity contribution in [2.45, 2.75) is 13.1 Å².